The summed E-state index contributed by atoms with van der Waals surface area (Å²) in [5.41, 5.74) is -0.585. The van der Waals surface area contributed by atoms with Crippen molar-refractivity contribution in [2.24, 2.45) is 0 Å². The summed E-state index contributed by atoms with van der Waals surface area (Å²) in [4.78, 5) is 28.2. The minimum Gasteiger partial charge on any atom is -0.444 e. The molecule has 2 rings (SSSR count). The molecule has 0 aromatic heterocycles. The molecule has 2 unspecified atom stereocenters. The van der Waals surface area contributed by atoms with Crippen LogP contribution < -0.4 is 10.6 Å². The van der Waals surface area contributed by atoms with E-state index in [2.05, 4.69) is 15.5 Å². The first-order chi connectivity index (χ1) is 12.0. The van der Waals surface area contributed by atoms with Gasteiger partial charge < -0.3 is 25.2 Å². The van der Waals surface area contributed by atoms with Crippen molar-refractivity contribution in [3.05, 3.63) is 0 Å². The van der Waals surface area contributed by atoms with Crippen molar-refractivity contribution in [2.75, 3.05) is 44.7 Å². The van der Waals surface area contributed by atoms with Gasteiger partial charge in [-0.05, 0) is 34.2 Å². The van der Waals surface area contributed by atoms with Gasteiger partial charge in [0.2, 0.25) is 0 Å². The summed E-state index contributed by atoms with van der Waals surface area (Å²) < 4.78 is 28.4. The number of hydrogen-bond acceptors (Lipinski definition) is 6. The van der Waals surface area contributed by atoms with Gasteiger partial charge in [-0.15, -0.1) is 0 Å². The summed E-state index contributed by atoms with van der Waals surface area (Å²) >= 11 is 0. The van der Waals surface area contributed by atoms with Crippen LogP contribution in [-0.4, -0.2) is 92.8 Å². The van der Waals surface area contributed by atoms with Crippen molar-refractivity contribution in [3.63, 3.8) is 0 Å². The number of carbonyl (C=O) groups excluding carboxylic acids is 2. The predicted molar refractivity (Wildman–Crippen MR) is 97.8 cm³/mol. The summed E-state index contributed by atoms with van der Waals surface area (Å²) in [6.07, 6.45) is -0.0733. The lowest BCUT2D eigenvalue weighted by Crippen LogP contribution is -2.61. The Kier molecular flexibility index (Phi) is 6.38. The second-order valence-corrected chi connectivity index (χ2v) is 10.3. The normalized spacial score (nSPS) is 26.4. The molecule has 0 bridgehead atoms. The predicted octanol–water partition coefficient (Wildman–Crippen LogP) is 0.0238. The van der Waals surface area contributed by atoms with Crippen molar-refractivity contribution in [2.45, 2.75) is 44.9 Å². The Morgan fingerprint density at radius 3 is 2.50 bits per heavy atom. The van der Waals surface area contributed by atoms with Gasteiger partial charge in [-0.1, -0.05) is 0 Å². The maximum atomic E-state index is 12.6. The lowest BCUT2D eigenvalue weighted by atomic mass is 10.1. The number of rotatable bonds is 3. The lowest BCUT2D eigenvalue weighted by molar-refractivity contribution is 0.0485. The molecule has 2 atom stereocenters. The van der Waals surface area contributed by atoms with Gasteiger partial charge in [0.05, 0.1) is 17.5 Å². The van der Waals surface area contributed by atoms with Gasteiger partial charge in [0.1, 0.15) is 5.60 Å². The van der Waals surface area contributed by atoms with Crippen LogP contribution in [0.2, 0.25) is 0 Å². The van der Waals surface area contributed by atoms with Crippen LogP contribution in [0.5, 0.6) is 0 Å². The van der Waals surface area contributed by atoms with E-state index in [1.807, 2.05) is 7.05 Å². The molecule has 0 aromatic rings. The van der Waals surface area contributed by atoms with Crippen molar-refractivity contribution >= 4 is 22.0 Å². The molecule has 10 heteroatoms. The molecule has 0 radical (unpaired) electrons. The van der Waals surface area contributed by atoms with E-state index in [-0.39, 0.29) is 36.2 Å². The van der Waals surface area contributed by atoms with Crippen LogP contribution in [0.3, 0.4) is 0 Å². The van der Waals surface area contributed by atoms with Crippen molar-refractivity contribution < 1.29 is 22.7 Å². The SMILES string of the molecule is CN1CCN(C(=O)NC2CCS(=O)(=O)C2)C(CNC(=O)OC(C)(C)C)C1. The van der Waals surface area contributed by atoms with Gasteiger partial charge in [0.15, 0.2) is 9.84 Å². The monoisotopic (exact) mass is 390 g/mol. The molecule has 2 N–H and O–H groups in total. The molecule has 0 aromatic carbocycles. The number of sulfone groups is 1. The van der Waals surface area contributed by atoms with E-state index in [1.54, 1.807) is 25.7 Å². The molecule has 0 spiro atoms. The number of ether oxygens (including phenoxy) is 1. The van der Waals surface area contributed by atoms with Crippen LogP contribution in [0.25, 0.3) is 0 Å². The summed E-state index contributed by atoms with van der Waals surface area (Å²) in [6.45, 7) is 7.49. The van der Waals surface area contributed by atoms with Crippen LogP contribution in [0, 0.1) is 0 Å². The van der Waals surface area contributed by atoms with E-state index in [0.29, 0.717) is 19.5 Å². The Labute approximate surface area is 155 Å². The Bertz CT molecular complexity index is 631. The zero-order chi connectivity index (χ0) is 19.5. The summed E-state index contributed by atoms with van der Waals surface area (Å²) in [5.74, 6) is 0.109. The Balaban J connectivity index is 1.92. The third kappa shape index (κ3) is 6.31. The number of hydrogen-bond donors (Lipinski definition) is 2. The zero-order valence-electron chi connectivity index (χ0n) is 15.9. The second-order valence-electron chi connectivity index (χ2n) is 8.04. The molecule has 9 nitrogen and oxygen atoms in total. The summed E-state index contributed by atoms with van der Waals surface area (Å²) in [6, 6.07) is -0.831. The molecule has 150 valence electrons. The van der Waals surface area contributed by atoms with E-state index in [1.165, 1.54) is 0 Å². The highest BCUT2D eigenvalue weighted by molar-refractivity contribution is 7.91. The van der Waals surface area contributed by atoms with Crippen LogP contribution >= 0.6 is 0 Å². The Morgan fingerprint density at radius 1 is 1.23 bits per heavy atom. The molecule has 2 fully saturated rings. The number of likely N-dealkylation sites (N-methyl/N-ethyl adjacent to an activating group) is 1. The van der Waals surface area contributed by atoms with Crippen molar-refractivity contribution in [1.29, 1.82) is 0 Å². The van der Waals surface area contributed by atoms with Gasteiger partial charge >= 0.3 is 12.1 Å². The fraction of sp³-hybridized carbons (Fsp3) is 0.875. The molecular weight excluding hydrogens is 360 g/mol. The fourth-order valence-corrected chi connectivity index (χ4v) is 4.81. The molecular formula is C16H30N4O5S. The van der Waals surface area contributed by atoms with Crippen LogP contribution in [0.1, 0.15) is 27.2 Å². The molecule has 2 heterocycles. The van der Waals surface area contributed by atoms with Gasteiger partial charge in [-0.2, -0.15) is 0 Å². The smallest absolute Gasteiger partial charge is 0.407 e. The van der Waals surface area contributed by atoms with Crippen LogP contribution in [0.4, 0.5) is 9.59 Å². The summed E-state index contributed by atoms with van der Waals surface area (Å²) in [7, 11) is -1.09. The van der Waals surface area contributed by atoms with Gasteiger partial charge in [-0.25, -0.2) is 18.0 Å². The maximum absolute atomic E-state index is 12.6. The quantitative estimate of drug-likeness (QED) is 0.704. The largest absolute Gasteiger partial charge is 0.444 e. The van der Waals surface area contributed by atoms with Crippen LogP contribution in [-0.2, 0) is 14.6 Å². The van der Waals surface area contributed by atoms with E-state index in [0.717, 1.165) is 6.54 Å². The highest BCUT2D eigenvalue weighted by Gasteiger charge is 2.34. The van der Waals surface area contributed by atoms with Gasteiger partial charge in [0, 0.05) is 32.2 Å². The first kappa shape index (κ1) is 20.8. The third-order valence-electron chi connectivity index (χ3n) is 4.39. The van der Waals surface area contributed by atoms with Gasteiger partial charge in [0.25, 0.3) is 0 Å². The highest BCUT2D eigenvalue weighted by Crippen LogP contribution is 2.14. The minimum atomic E-state index is -3.05. The van der Waals surface area contributed by atoms with E-state index in [4.69, 9.17) is 4.74 Å². The minimum absolute atomic E-state index is 0.00664. The van der Waals surface area contributed by atoms with Crippen molar-refractivity contribution in [3.8, 4) is 0 Å². The number of urea groups is 1. The molecule has 0 aliphatic carbocycles. The van der Waals surface area contributed by atoms with E-state index >= 15 is 0 Å². The average molecular weight is 391 g/mol. The standard InChI is InChI=1S/C16H30N4O5S/c1-16(2,3)25-15(22)17-9-13-10-19(4)6-7-20(13)14(21)18-12-5-8-26(23,24)11-12/h12-13H,5-11H2,1-4H3,(H,17,22)(H,18,21). The number of piperazine rings is 1. The Morgan fingerprint density at radius 2 is 1.92 bits per heavy atom. The first-order valence-corrected chi connectivity index (χ1v) is 10.7. The molecule has 2 aliphatic rings. The average Bonchev–Trinajstić information content (AvgIpc) is 2.82. The first-order valence-electron chi connectivity index (χ1n) is 8.88. The zero-order valence-corrected chi connectivity index (χ0v) is 16.8. The second kappa shape index (κ2) is 7.99. The number of carbonyl (C=O) groups is 2. The number of amides is 3. The van der Waals surface area contributed by atoms with Crippen LogP contribution in [0.15, 0.2) is 0 Å². The van der Waals surface area contributed by atoms with Crippen molar-refractivity contribution in [1.82, 2.24) is 20.4 Å². The number of nitrogens with one attached hydrogen (secondary N) is 2. The van der Waals surface area contributed by atoms with E-state index in [9.17, 15) is 18.0 Å². The number of nitrogens with zero attached hydrogens (tertiary/aromatic N) is 2. The fourth-order valence-electron chi connectivity index (χ4n) is 3.13. The molecule has 2 aliphatic heterocycles. The summed E-state index contributed by atoms with van der Waals surface area (Å²) in [5, 5.41) is 5.54. The van der Waals surface area contributed by atoms with E-state index < -0.39 is 21.5 Å². The highest BCUT2D eigenvalue weighted by atomic mass is 32.2. The molecule has 26 heavy (non-hydrogen) atoms. The lowest BCUT2D eigenvalue weighted by Gasteiger charge is -2.40. The number of alkyl carbamates (subject to hydrolysis) is 1. The maximum Gasteiger partial charge on any atom is 0.407 e. The molecule has 3 amide bonds. The third-order valence-corrected chi connectivity index (χ3v) is 6.16. The Hall–Kier alpha value is -1.55. The van der Waals surface area contributed by atoms with Gasteiger partial charge in [-0.3, -0.25) is 0 Å². The molecule has 2 saturated heterocycles. The topological polar surface area (TPSA) is 108 Å². The molecule has 0 saturated carbocycles.